The lowest BCUT2D eigenvalue weighted by atomic mass is 9.79. The zero-order valence-electron chi connectivity index (χ0n) is 26.6. The lowest BCUT2D eigenvalue weighted by Gasteiger charge is -2.32. The third-order valence-corrected chi connectivity index (χ3v) is 8.94. The van der Waals surface area contributed by atoms with Gasteiger partial charge in [-0.05, 0) is 80.7 Å². The summed E-state index contributed by atoms with van der Waals surface area (Å²) in [4.78, 5) is 54.1. The van der Waals surface area contributed by atoms with E-state index in [1.54, 1.807) is 35.6 Å². The van der Waals surface area contributed by atoms with Crippen molar-refractivity contribution in [3.63, 3.8) is 0 Å². The summed E-state index contributed by atoms with van der Waals surface area (Å²) in [5, 5.41) is 22.2. The summed E-state index contributed by atoms with van der Waals surface area (Å²) in [5.74, 6) is -1.98. The van der Waals surface area contributed by atoms with Crippen LogP contribution in [0.5, 0.6) is 0 Å². The molecule has 1 saturated heterocycles. The van der Waals surface area contributed by atoms with Crippen molar-refractivity contribution in [2.75, 3.05) is 18.4 Å². The molecule has 0 radical (unpaired) electrons. The zero-order chi connectivity index (χ0) is 32.7. The number of aromatic nitrogens is 2. The quantitative estimate of drug-likeness (QED) is 0.296. The fourth-order valence-electron chi connectivity index (χ4n) is 5.98. The van der Waals surface area contributed by atoms with Crippen LogP contribution < -0.4 is 16.0 Å². The number of aryl methyl sites for hydroxylation is 1. The maximum atomic E-state index is 15.6. The number of halogens is 1. The molecule has 0 spiro atoms. The number of likely N-dealkylation sites (tertiary alicyclic amines) is 1. The molecule has 4 rings (SSSR count). The second kappa shape index (κ2) is 15.3. The van der Waals surface area contributed by atoms with E-state index in [0.29, 0.717) is 55.2 Å². The molecule has 2 aliphatic rings. The van der Waals surface area contributed by atoms with Crippen LogP contribution in [0, 0.1) is 17.7 Å². The zero-order valence-corrected chi connectivity index (χ0v) is 26.6. The molecular formula is C33H45FN6O5. The Morgan fingerprint density at radius 3 is 2.36 bits per heavy atom. The third kappa shape index (κ3) is 8.36. The highest BCUT2D eigenvalue weighted by Crippen LogP contribution is 2.32. The van der Waals surface area contributed by atoms with E-state index in [2.05, 4.69) is 28.0 Å². The summed E-state index contributed by atoms with van der Waals surface area (Å²) in [5.41, 5.74) is 1.07. The Hall–Kier alpha value is -4.06. The highest BCUT2D eigenvalue weighted by molar-refractivity contribution is 6.04. The number of piperidine rings is 1. The lowest BCUT2D eigenvalue weighted by Crippen LogP contribution is -2.49. The van der Waals surface area contributed by atoms with Crippen LogP contribution >= 0.6 is 0 Å². The monoisotopic (exact) mass is 624 g/mol. The molecule has 1 aliphatic heterocycles. The number of allylic oxidation sites excluding steroid dienone is 1. The van der Waals surface area contributed by atoms with Crippen LogP contribution in [-0.4, -0.2) is 68.7 Å². The Morgan fingerprint density at radius 1 is 1.04 bits per heavy atom. The topological polar surface area (TPSA) is 146 Å². The van der Waals surface area contributed by atoms with E-state index in [-0.39, 0.29) is 29.6 Å². The second-order valence-electron chi connectivity index (χ2n) is 12.1. The number of hydrogen-bond acceptors (Lipinski definition) is 6. The van der Waals surface area contributed by atoms with Crippen molar-refractivity contribution in [3.05, 3.63) is 53.2 Å². The predicted molar refractivity (Wildman–Crippen MR) is 168 cm³/mol. The Bertz CT molecular complexity index is 1420. The molecule has 0 unspecified atom stereocenters. The standard InChI is InChI=1S/C33H45FN6O5/c1-5-28(42)37-29(33(45)39-17-14-24(41)15-18-39)21(4)23-11-12-26(25(34)19-23)36-32(44)30(22-9-7-20(3)8-10-22)38-31(43)27-13-16-35-40(27)6-2/h11-13,16,19-20,22,24,30,41H,5-10,14-15,17-18H2,1-4H3,(H,36,44)(H,37,42)(H,38,43)/b29-21+/t20?,22?,30-/m0/s1. The van der Waals surface area contributed by atoms with Gasteiger partial charge >= 0.3 is 0 Å². The minimum atomic E-state index is -0.873. The van der Waals surface area contributed by atoms with Crippen molar-refractivity contribution in [1.29, 1.82) is 0 Å². The van der Waals surface area contributed by atoms with Crippen molar-refractivity contribution < 1.29 is 28.7 Å². The minimum absolute atomic E-state index is 0.0510. The van der Waals surface area contributed by atoms with Crippen molar-refractivity contribution in [2.45, 2.75) is 91.3 Å². The maximum absolute atomic E-state index is 15.6. The molecule has 1 aromatic heterocycles. The van der Waals surface area contributed by atoms with Gasteiger partial charge in [0.1, 0.15) is 23.3 Å². The van der Waals surface area contributed by atoms with Gasteiger partial charge in [-0.1, -0.05) is 32.8 Å². The molecular weight excluding hydrogens is 579 g/mol. The molecule has 2 fully saturated rings. The molecule has 2 aromatic rings. The number of aliphatic hydroxyl groups is 1. The molecule has 4 amide bonds. The van der Waals surface area contributed by atoms with E-state index in [1.165, 1.54) is 18.3 Å². The van der Waals surface area contributed by atoms with E-state index in [4.69, 9.17) is 0 Å². The van der Waals surface area contributed by atoms with Crippen molar-refractivity contribution in [1.82, 2.24) is 25.3 Å². The number of carbonyl (C=O) groups is 4. The van der Waals surface area contributed by atoms with Gasteiger partial charge in [0.2, 0.25) is 11.8 Å². The van der Waals surface area contributed by atoms with Crippen molar-refractivity contribution in [3.8, 4) is 0 Å². The fourth-order valence-corrected chi connectivity index (χ4v) is 5.98. The van der Waals surface area contributed by atoms with Gasteiger partial charge in [-0.2, -0.15) is 5.10 Å². The van der Waals surface area contributed by atoms with Gasteiger partial charge in [0, 0.05) is 32.3 Å². The molecule has 2 heterocycles. The summed E-state index contributed by atoms with van der Waals surface area (Å²) in [7, 11) is 0. The summed E-state index contributed by atoms with van der Waals surface area (Å²) < 4.78 is 17.1. The normalized spacial score (nSPS) is 20.2. The Balaban J connectivity index is 1.57. The fraction of sp³-hybridized carbons (Fsp3) is 0.545. The Labute approximate surface area is 263 Å². The van der Waals surface area contributed by atoms with E-state index in [0.717, 1.165) is 25.7 Å². The smallest absolute Gasteiger partial charge is 0.270 e. The first-order valence-corrected chi connectivity index (χ1v) is 15.9. The Kier molecular flexibility index (Phi) is 11.5. The van der Waals surface area contributed by atoms with Crippen molar-refractivity contribution in [2.24, 2.45) is 11.8 Å². The molecule has 45 heavy (non-hydrogen) atoms. The maximum Gasteiger partial charge on any atom is 0.270 e. The summed E-state index contributed by atoms with van der Waals surface area (Å²) >= 11 is 0. The number of rotatable bonds is 10. The molecule has 11 nitrogen and oxygen atoms in total. The van der Waals surface area contributed by atoms with Crippen molar-refractivity contribution >= 4 is 34.9 Å². The number of aliphatic hydroxyl groups excluding tert-OH is 1. The molecule has 1 atom stereocenters. The number of hydrogen-bond donors (Lipinski definition) is 4. The summed E-state index contributed by atoms with van der Waals surface area (Å²) in [6.07, 6.45) is 5.46. The van der Waals surface area contributed by atoms with Gasteiger partial charge in [0.25, 0.3) is 11.8 Å². The summed E-state index contributed by atoms with van der Waals surface area (Å²) in [6, 6.07) is 4.94. The number of nitrogens with one attached hydrogen (secondary N) is 3. The van der Waals surface area contributed by atoms with Crippen LogP contribution in [0.1, 0.15) is 88.7 Å². The summed E-state index contributed by atoms with van der Waals surface area (Å²) in [6.45, 7) is 8.52. The average Bonchev–Trinajstić information content (AvgIpc) is 3.53. The number of benzene rings is 1. The highest BCUT2D eigenvalue weighted by Gasteiger charge is 2.34. The van der Waals surface area contributed by atoms with Crippen LogP contribution in [0.25, 0.3) is 5.57 Å². The number of amides is 4. The van der Waals surface area contributed by atoms with Crippen LogP contribution in [0.2, 0.25) is 0 Å². The van der Waals surface area contributed by atoms with Crippen LogP contribution in [-0.2, 0) is 20.9 Å². The number of nitrogens with zero attached hydrogens (tertiary/aromatic N) is 3. The first-order valence-electron chi connectivity index (χ1n) is 15.9. The Morgan fingerprint density at radius 2 is 1.73 bits per heavy atom. The molecule has 12 heteroatoms. The van der Waals surface area contributed by atoms with Gasteiger partial charge in [0.15, 0.2) is 0 Å². The molecule has 1 aromatic carbocycles. The van der Waals surface area contributed by atoms with Gasteiger partial charge in [-0.3, -0.25) is 23.9 Å². The van der Waals surface area contributed by atoms with Gasteiger partial charge in [-0.25, -0.2) is 4.39 Å². The van der Waals surface area contributed by atoms with Crippen LogP contribution in [0.4, 0.5) is 10.1 Å². The van der Waals surface area contributed by atoms with Gasteiger partial charge < -0.3 is 26.0 Å². The molecule has 0 bridgehead atoms. The first kappa shape index (κ1) is 33.8. The molecule has 4 N–H and O–H groups in total. The van der Waals surface area contributed by atoms with E-state index in [1.807, 2.05) is 6.92 Å². The van der Waals surface area contributed by atoms with Crippen LogP contribution in [0.3, 0.4) is 0 Å². The largest absolute Gasteiger partial charge is 0.393 e. The minimum Gasteiger partial charge on any atom is -0.393 e. The van der Waals surface area contributed by atoms with Crippen LogP contribution in [0.15, 0.2) is 36.2 Å². The average molecular weight is 625 g/mol. The van der Waals surface area contributed by atoms with Gasteiger partial charge in [0.05, 0.1) is 11.8 Å². The number of carbonyl (C=O) groups excluding carboxylic acids is 4. The molecule has 244 valence electrons. The highest BCUT2D eigenvalue weighted by atomic mass is 19.1. The van der Waals surface area contributed by atoms with E-state index in [9.17, 15) is 24.3 Å². The predicted octanol–water partition coefficient (Wildman–Crippen LogP) is 3.85. The van der Waals surface area contributed by atoms with E-state index >= 15 is 4.39 Å². The lowest BCUT2D eigenvalue weighted by molar-refractivity contribution is -0.131. The SMILES string of the molecule is CCC(=O)N/C(C(=O)N1CCC(O)CC1)=C(\C)c1ccc(NC(=O)[C@@H](NC(=O)c2ccnn2CC)C2CCC(C)CC2)c(F)c1. The molecule has 1 aliphatic carbocycles. The number of anilines is 1. The first-order chi connectivity index (χ1) is 21.5. The second-order valence-corrected chi connectivity index (χ2v) is 12.1. The third-order valence-electron chi connectivity index (χ3n) is 8.94. The molecule has 1 saturated carbocycles. The van der Waals surface area contributed by atoms with Gasteiger partial charge in [-0.15, -0.1) is 0 Å². The van der Waals surface area contributed by atoms with E-state index < -0.39 is 35.7 Å².